The third-order valence-corrected chi connectivity index (χ3v) is 3.65. The van der Waals surface area contributed by atoms with Crippen LogP contribution in [-0.4, -0.2) is 11.2 Å². The Morgan fingerprint density at radius 3 is 2.52 bits per heavy atom. The lowest BCUT2D eigenvalue weighted by atomic mass is 10.3. The normalized spacial score (nSPS) is 11.0. The highest BCUT2D eigenvalue weighted by Gasteiger charge is 2.10. The number of para-hydroxylation sites is 3. The van der Waals surface area contributed by atoms with Gasteiger partial charge in [-0.1, -0.05) is 41.4 Å². The van der Waals surface area contributed by atoms with E-state index in [1.54, 1.807) is 24.3 Å². The second-order valence-corrected chi connectivity index (χ2v) is 5.20. The third-order valence-electron chi connectivity index (χ3n) is 3.05. The summed E-state index contributed by atoms with van der Waals surface area (Å²) in [7, 11) is 0. The highest BCUT2D eigenvalue weighted by atomic mass is 35.5. The van der Waals surface area contributed by atoms with Crippen molar-refractivity contribution in [1.29, 1.82) is 0 Å². The van der Waals surface area contributed by atoms with Crippen molar-refractivity contribution in [3.63, 3.8) is 0 Å². The van der Waals surface area contributed by atoms with E-state index in [2.05, 4.69) is 0 Å². The first-order chi connectivity index (χ1) is 10.2. The fraction of sp³-hybridized carbons (Fsp3) is 0.133. The van der Waals surface area contributed by atoms with Crippen molar-refractivity contribution in [3.05, 3.63) is 63.1 Å². The Morgan fingerprint density at radius 2 is 1.76 bits per heavy atom. The van der Waals surface area contributed by atoms with E-state index >= 15 is 0 Å². The highest BCUT2D eigenvalue weighted by Crippen LogP contribution is 2.32. The average Bonchev–Trinajstić information content (AvgIpc) is 2.78. The van der Waals surface area contributed by atoms with Crippen LogP contribution < -0.4 is 10.5 Å². The molecule has 3 aromatic rings. The van der Waals surface area contributed by atoms with Crippen LogP contribution in [0.15, 0.2) is 51.7 Å². The summed E-state index contributed by atoms with van der Waals surface area (Å²) in [4.78, 5) is 11.8. The molecule has 0 amide bonds. The van der Waals surface area contributed by atoms with Gasteiger partial charge in [0.1, 0.15) is 6.61 Å². The Hall–Kier alpha value is -1.91. The number of oxazole rings is 1. The molecule has 0 fully saturated rings. The lowest BCUT2D eigenvalue weighted by molar-refractivity contribution is 0.294. The van der Waals surface area contributed by atoms with Crippen LogP contribution in [0.3, 0.4) is 0 Å². The minimum atomic E-state index is -0.412. The molecule has 1 aromatic heterocycles. The van der Waals surface area contributed by atoms with Gasteiger partial charge in [-0.15, -0.1) is 0 Å². The van der Waals surface area contributed by atoms with Crippen molar-refractivity contribution in [3.8, 4) is 5.75 Å². The fourth-order valence-corrected chi connectivity index (χ4v) is 2.59. The number of hydrogen-bond acceptors (Lipinski definition) is 3. The Kier molecular flexibility index (Phi) is 3.90. The summed E-state index contributed by atoms with van der Waals surface area (Å²) in [6.07, 6.45) is 0. The zero-order chi connectivity index (χ0) is 14.8. The first-order valence-corrected chi connectivity index (χ1v) is 7.07. The molecule has 0 bridgehead atoms. The quantitative estimate of drug-likeness (QED) is 0.729. The molecule has 0 aliphatic rings. The summed E-state index contributed by atoms with van der Waals surface area (Å²) in [6.45, 7) is 0.601. The second kappa shape index (κ2) is 5.84. The van der Waals surface area contributed by atoms with Crippen LogP contribution in [-0.2, 0) is 6.54 Å². The van der Waals surface area contributed by atoms with E-state index in [4.69, 9.17) is 32.4 Å². The van der Waals surface area contributed by atoms with E-state index in [1.807, 2.05) is 18.2 Å². The summed E-state index contributed by atoms with van der Waals surface area (Å²) in [5.74, 6) is 0.00624. The number of aromatic nitrogens is 1. The Balaban J connectivity index is 1.78. The van der Waals surface area contributed by atoms with Gasteiger partial charge in [-0.2, -0.15) is 0 Å². The topological polar surface area (TPSA) is 44.4 Å². The van der Waals surface area contributed by atoms with Crippen molar-refractivity contribution < 1.29 is 9.15 Å². The molecule has 4 nitrogen and oxygen atoms in total. The minimum Gasteiger partial charge on any atom is -0.489 e. The largest absolute Gasteiger partial charge is 0.489 e. The van der Waals surface area contributed by atoms with Gasteiger partial charge in [0.05, 0.1) is 22.1 Å². The maximum Gasteiger partial charge on any atom is 0.420 e. The summed E-state index contributed by atoms with van der Waals surface area (Å²) in [5.41, 5.74) is 1.29. The van der Waals surface area contributed by atoms with Gasteiger partial charge in [0.25, 0.3) is 0 Å². The van der Waals surface area contributed by atoms with Crippen molar-refractivity contribution >= 4 is 34.3 Å². The first-order valence-electron chi connectivity index (χ1n) is 6.32. The van der Waals surface area contributed by atoms with E-state index in [1.165, 1.54) is 4.57 Å². The third kappa shape index (κ3) is 2.77. The molecule has 3 rings (SSSR count). The zero-order valence-corrected chi connectivity index (χ0v) is 12.4. The first kappa shape index (κ1) is 14.0. The molecule has 0 spiro atoms. The van der Waals surface area contributed by atoms with E-state index in [9.17, 15) is 4.79 Å². The van der Waals surface area contributed by atoms with Crippen molar-refractivity contribution in [2.24, 2.45) is 0 Å². The molecule has 6 heteroatoms. The molecule has 0 aliphatic heterocycles. The molecule has 0 N–H and O–H groups in total. The zero-order valence-electron chi connectivity index (χ0n) is 10.9. The molecular formula is C15H11Cl2NO3. The fourth-order valence-electron chi connectivity index (χ4n) is 2.09. The number of hydrogen-bond donors (Lipinski definition) is 0. The molecule has 108 valence electrons. The van der Waals surface area contributed by atoms with Crippen molar-refractivity contribution in [2.45, 2.75) is 6.54 Å². The number of nitrogens with zero attached hydrogens (tertiary/aromatic N) is 1. The van der Waals surface area contributed by atoms with Crippen LogP contribution in [0.25, 0.3) is 11.1 Å². The molecule has 0 saturated carbocycles. The Labute approximate surface area is 130 Å². The summed E-state index contributed by atoms with van der Waals surface area (Å²) in [5, 5.41) is 0.874. The number of halogens is 2. The Bertz CT molecular complexity index is 818. The predicted octanol–water partition coefficient (Wildman–Crippen LogP) is 3.98. The molecule has 21 heavy (non-hydrogen) atoms. The van der Waals surface area contributed by atoms with Crippen LogP contribution >= 0.6 is 23.2 Å². The van der Waals surface area contributed by atoms with Crippen LogP contribution in [0.1, 0.15) is 0 Å². The molecule has 0 unspecified atom stereocenters. The van der Waals surface area contributed by atoms with E-state index in [-0.39, 0.29) is 6.61 Å². The number of ether oxygens (including phenoxy) is 1. The van der Waals surface area contributed by atoms with Gasteiger partial charge >= 0.3 is 5.76 Å². The number of rotatable bonds is 4. The Morgan fingerprint density at radius 1 is 1.05 bits per heavy atom. The molecule has 0 aliphatic carbocycles. The van der Waals surface area contributed by atoms with Crippen molar-refractivity contribution in [2.75, 3.05) is 6.61 Å². The summed E-state index contributed by atoms with van der Waals surface area (Å²) in [6, 6.07) is 12.4. The average molecular weight is 324 g/mol. The van der Waals surface area contributed by atoms with Gasteiger partial charge < -0.3 is 9.15 Å². The predicted molar refractivity (Wildman–Crippen MR) is 82.4 cm³/mol. The molecule has 0 atom stereocenters. The molecule has 2 aromatic carbocycles. The molecule has 0 radical (unpaired) electrons. The molecular weight excluding hydrogens is 313 g/mol. The summed E-state index contributed by atoms with van der Waals surface area (Å²) >= 11 is 12.0. The van der Waals surface area contributed by atoms with Gasteiger partial charge in [-0.25, -0.2) is 4.79 Å². The van der Waals surface area contributed by atoms with Gasteiger partial charge in [-0.3, -0.25) is 4.57 Å². The lowest BCUT2D eigenvalue weighted by Crippen LogP contribution is -2.18. The molecule has 0 saturated heterocycles. The van der Waals surface area contributed by atoms with Crippen LogP contribution in [0, 0.1) is 0 Å². The highest BCUT2D eigenvalue weighted by molar-refractivity contribution is 6.37. The minimum absolute atomic E-state index is 0.257. The standard InChI is InChI=1S/C15H11Cl2NO3/c16-10-4-3-5-11(17)14(10)20-9-8-18-12-6-1-2-7-13(12)21-15(18)19/h1-7H,8-9H2. The summed E-state index contributed by atoms with van der Waals surface area (Å²) < 4.78 is 12.2. The van der Waals surface area contributed by atoms with Gasteiger partial charge in [-0.05, 0) is 24.3 Å². The van der Waals surface area contributed by atoms with E-state index < -0.39 is 5.76 Å². The number of benzene rings is 2. The van der Waals surface area contributed by atoms with Crippen LogP contribution in [0.5, 0.6) is 5.75 Å². The SMILES string of the molecule is O=c1oc2ccccc2n1CCOc1c(Cl)cccc1Cl. The smallest absolute Gasteiger partial charge is 0.420 e. The maximum atomic E-state index is 11.8. The monoisotopic (exact) mass is 323 g/mol. The number of fused-ring (bicyclic) bond motifs is 1. The van der Waals surface area contributed by atoms with Crippen LogP contribution in [0.2, 0.25) is 10.0 Å². The van der Waals surface area contributed by atoms with E-state index in [0.717, 1.165) is 5.52 Å². The second-order valence-electron chi connectivity index (χ2n) is 4.39. The molecule has 1 heterocycles. The van der Waals surface area contributed by atoms with E-state index in [0.29, 0.717) is 27.9 Å². The van der Waals surface area contributed by atoms with Crippen LogP contribution in [0.4, 0.5) is 0 Å². The maximum absolute atomic E-state index is 11.8. The van der Waals surface area contributed by atoms with Gasteiger partial charge in [0.15, 0.2) is 11.3 Å². The van der Waals surface area contributed by atoms with Crippen molar-refractivity contribution in [1.82, 2.24) is 4.57 Å². The van der Waals surface area contributed by atoms with Gasteiger partial charge in [0, 0.05) is 0 Å². The lowest BCUT2D eigenvalue weighted by Gasteiger charge is -2.09. The van der Waals surface area contributed by atoms with Gasteiger partial charge in [0.2, 0.25) is 0 Å².